The zero-order valence-corrected chi connectivity index (χ0v) is 13.0. The standard InChI is InChI=1S/C16H17ClN4/c1-9-10(2)21(16-14(9)15(18)19-8-20-16)11(3)12-4-6-13(17)7-5-12/h4-8,11H,1-3H3,(H2,18,19,20). The van der Waals surface area contributed by atoms with Crippen LogP contribution in [0, 0.1) is 13.8 Å². The van der Waals surface area contributed by atoms with Crippen LogP contribution in [0.5, 0.6) is 0 Å². The Balaban J connectivity index is 2.23. The largest absolute Gasteiger partial charge is 0.383 e. The second-order valence-electron chi connectivity index (χ2n) is 5.27. The number of benzene rings is 1. The van der Waals surface area contributed by atoms with Crippen molar-refractivity contribution in [1.82, 2.24) is 14.5 Å². The summed E-state index contributed by atoms with van der Waals surface area (Å²) in [5.74, 6) is 0.530. The van der Waals surface area contributed by atoms with Gasteiger partial charge in [-0.2, -0.15) is 0 Å². The van der Waals surface area contributed by atoms with Gasteiger partial charge in [-0.05, 0) is 44.0 Å². The fraction of sp³-hybridized carbons (Fsp3) is 0.250. The molecule has 21 heavy (non-hydrogen) atoms. The van der Waals surface area contributed by atoms with Crippen molar-refractivity contribution in [3.05, 3.63) is 52.4 Å². The number of fused-ring (bicyclic) bond motifs is 1. The van der Waals surface area contributed by atoms with Crippen molar-refractivity contribution in [3.8, 4) is 0 Å². The molecule has 108 valence electrons. The van der Waals surface area contributed by atoms with Crippen LogP contribution in [0.25, 0.3) is 11.0 Å². The number of nitrogen functional groups attached to an aromatic ring is 1. The summed E-state index contributed by atoms with van der Waals surface area (Å²) in [5, 5.41) is 1.68. The average molecular weight is 301 g/mol. The monoisotopic (exact) mass is 300 g/mol. The van der Waals surface area contributed by atoms with Crippen LogP contribution in [-0.2, 0) is 0 Å². The Morgan fingerprint density at radius 3 is 2.48 bits per heavy atom. The third-order valence-electron chi connectivity index (χ3n) is 4.10. The van der Waals surface area contributed by atoms with Crippen molar-refractivity contribution >= 4 is 28.5 Å². The van der Waals surface area contributed by atoms with Crippen molar-refractivity contribution in [1.29, 1.82) is 0 Å². The number of anilines is 1. The lowest BCUT2D eigenvalue weighted by atomic mass is 10.1. The van der Waals surface area contributed by atoms with Gasteiger partial charge in [-0.1, -0.05) is 23.7 Å². The maximum atomic E-state index is 6.02. The molecule has 4 nitrogen and oxygen atoms in total. The van der Waals surface area contributed by atoms with E-state index in [0.29, 0.717) is 5.82 Å². The Morgan fingerprint density at radius 2 is 1.81 bits per heavy atom. The van der Waals surface area contributed by atoms with E-state index in [1.807, 2.05) is 24.3 Å². The molecule has 0 saturated heterocycles. The molecule has 0 spiro atoms. The highest BCUT2D eigenvalue weighted by atomic mass is 35.5. The molecule has 3 aromatic rings. The van der Waals surface area contributed by atoms with Crippen molar-refractivity contribution in [2.45, 2.75) is 26.8 Å². The Morgan fingerprint density at radius 1 is 1.14 bits per heavy atom. The third kappa shape index (κ3) is 2.16. The van der Waals surface area contributed by atoms with Gasteiger partial charge in [0, 0.05) is 10.7 Å². The normalized spacial score (nSPS) is 12.8. The van der Waals surface area contributed by atoms with Crippen LogP contribution < -0.4 is 5.73 Å². The quantitative estimate of drug-likeness (QED) is 0.781. The van der Waals surface area contributed by atoms with Gasteiger partial charge >= 0.3 is 0 Å². The van der Waals surface area contributed by atoms with Crippen LogP contribution >= 0.6 is 11.6 Å². The first-order valence-corrected chi connectivity index (χ1v) is 7.21. The Kier molecular flexibility index (Phi) is 3.33. The van der Waals surface area contributed by atoms with E-state index in [9.17, 15) is 0 Å². The molecule has 0 bridgehead atoms. The molecule has 2 aromatic heterocycles. The maximum absolute atomic E-state index is 6.02. The number of rotatable bonds is 2. The lowest BCUT2D eigenvalue weighted by Crippen LogP contribution is -2.09. The average Bonchev–Trinajstić information content (AvgIpc) is 2.72. The number of nitrogens with zero attached hydrogens (tertiary/aromatic N) is 3. The molecule has 0 radical (unpaired) electrons. The second kappa shape index (κ2) is 5.04. The number of hydrogen-bond acceptors (Lipinski definition) is 3. The highest BCUT2D eigenvalue weighted by Gasteiger charge is 2.19. The summed E-state index contributed by atoms with van der Waals surface area (Å²) >= 11 is 5.97. The summed E-state index contributed by atoms with van der Waals surface area (Å²) in [6, 6.07) is 8.04. The number of hydrogen-bond donors (Lipinski definition) is 1. The SMILES string of the molecule is Cc1c(C)n(C(C)c2ccc(Cl)cc2)c2ncnc(N)c12. The minimum Gasteiger partial charge on any atom is -0.383 e. The van der Waals surface area contributed by atoms with E-state index in [2.05, 4.69) is 35.3 Å². The van der Waals surface area contributed by atoms with Gasteiger partial charge in [0.25, 0.3) is 0 Å². The lowest BCUT2D eigenvalue weighted by molar-refractivity contribution is 0.639. The van der Waals surface area contributed by atoms with Crippen LogP contribution in [0.2, 0.25) is 5.02 Å². The first-order valence-electron chi connectivity index (χ1n) is 6.83. The molecule has 0 aliphatic heterocycles. The highest BCUT2D eigenvalue weighted by molar-refractivity contribution is 6.30. The summed E-state index contributed by atoms with van der Waals surface area (Å²) in [4.78, 5) is 8.54. The topological polar surface area (TPSA) is 56.7 Å². The number of aryl methyl sites for hydroxylation is 1. The summed E-state index contributed by atoms with van der Waals surface area (Å²) < 4.78 is 2.20. The smallest absolute Gasteiger partial charge is 0.146 e. The molecular weight excluding hydrogens is 284 g/mol. The van der Waals surface area contributed by atoms with Crippen LogP contribution in [0.4, 0.5) is 5.82 Å². The first kappa shape index (κ1) is 13.9. The van der Waals surface area contributed by atoms with Crippen LogP contribution in [-0.4, -0.2) is 14.5 Å². The predicted octanol–water partition coefficient (Wildman–Crippen LogP) is 3.89. The first-order chi connectivity index (χ1) is 10.0. The van der Waals surface area contributed by atoms with Gasteiger partial charge in [-0.3, -0.25) is 0 Å². The summed E-state index contributed by atoms with van der Waals surface area (Å²) in [5.41, 5.74) is 10.3. The zero-order chi connectivity index (χ0) is 15.1. The van der Waals surface area contributed by atoms with Crippen molar-refractivity contribution in [3.63, 3.8) is 0 Å². The molecular formula is C16H17ClN4. The van der Waals surface area contributed by atoms with Crippen LogP contribution in [0.3, 0.4) is 0 Å². The van der Waals surface area contributed by atoms with Gasteiger partial charge in [0.1, 0.15) is 17.8 Å². The Hall–Kier alpha value is -2.07. The maximum Gasteiger partial charge on any atom is 0.146 e. The fourth-order valence-electron chi connectivity index (χ4n) is 2.82. The lowest BCUT2D eigenvalue weighted by Gasteiger charge is -2.17. The summed E-state index contributed by atoms with van der Waals surface area (Å²) in [6.45, 7) is 6.29. The molecule has 3 rings (SSSR count). The molecule has 1 aromatic carbocycles. The minimum absolute atomic E-state index is 0.146. The molecule has 2 heterocycles. The van der Waals surface area contributed by atoms with Crippen LogP contribution in [0.1, 0.15) is 29.8 Å². The molecule has 0 aliphatic rings. The number of nitrogens with two attached hydrogens (primary N) is 1. The van der Waals surface area contributed by atoms with Gasteiger partial charge in [-0.15, -0.1) is 0 Å². The zero-order valence-electron chi connectivity index (χ0n) is 12.3. The van der Waals surface area contributed by atoms with Gasteiger partial charge in [0.15, 0.2) is 0 Å². The van der Waals surface area contributed by atoms with Crippen LogP contribution in [0.15, 0.2) is 30.6 Å². The molecule has 5 heteroatoms. The van der Waals surface area contributed by atoms with E-state index >= 15 is 0 Å². The number of halogens is 1. The van der Waals surface area contributed by atoms with Gasteiger partial charge in [0.05, 0.1) is 11.4 Å². The molecule has 1 unspecified atom stereocenters. The van der Waals surface area contributed by atoms with Gasteiger partial charge < -0.3 is 10.3 Å². The summed E-state index contributed by atoms with van der Waals surface area (Å²) in [7, 11) is 0. The summed E-state index contributed by atoms with van der Waals surface area (Å²) in [6.07, 6.45) is 1.52. The van der Waals surface area contributed by atoms with E-state index in [1.165, 1.54) is 11.9 Å². The predicted molar refractivity (Wildman–Crippen MR) is 86.7 cm³/mol. The Bertz CT molecular complexity index is 805. The van der Waals surface area contributed by atoms with Gasteiger partial charge in [-0.25, -0.2) is 9.97 Å². The van der Waals surface area contributed by atoms with Gasteiger partial charge in [0.2, 0.25) is 0 Å². The van der Waals surface area contributed by atoms with E-state index in [0.717, 1.165) is 27.3 Å². The Labute approximate surface area is 128 Å². The van der Waals surface area contributed by atoms with Crippen molar-refractivity contribution < 1.29 is 0 Å². The number of aromatic nitrogens is 3. The van der Waals surface area contributed by atoms with E-state index < -0.39 is 0 Å². The van der Waals surface area contributed by atoms with E-state index in [4.69, 9.17) is 17.3 Å². The van der Waals surface area contributed by atoms with E-state index in [1.54, 1.807) is 0 Å². The second-order valence-corrected chi connectivity index (χ2v) is 5.70. The van der Waals surface area contributed by atoms with E-state index in [-0.39, 0.29) is 6.04 Å². The molecule has 1 atom stereocenters. The molecule has 2 N–H and O–H groups in total. The molecule has 0 amide bonds. The third-order valence-corrected chi connectivity index (χ3v) is 4.36. The molecule has 0 fully saturated rings. The highest BCUT2D eigenvalue weighted by Crippen LogP contribution is 2.32. The van der Waals surface area contributed by atoms with Crippen molar-refractivity contribution in [2.75, 3.05) is 5.73 Å². The fourth-order valence-corrected chi connectivity index (χ4v) is 2.94. The van der Waals surface area contributed by atoms with Crippen molar-refractivity contribution in [2.24, 2.45) is 0 Å². The molecule has 0 saturated carbocycles. The molecule has 0 aliphatic carbocycles. The minimum atomic E-state index is 0.146.